The molecule has 90 valence electrons. The van der Waals surface area contributed by atoms with Crippen molar-refractivity contribution in [1.29, 1.82) is 0 Å². The topological polar surface area (TPSA) is 18.5 Å². The van der Waals surface area contributed by atoms with E-state index >= 15 is 0 Å². The van der Waals surface area contributed by atoms with Crippen molar-refractivity contribution in [1.82, 2.24) is 0 Å². The van der Waals surface area contributed by atoms with Crippen LogP contribution in [0.2, 0.25) is 5.82 Å². The van der Waals surface area contributed by atoms with E-state index in [9.17, 15) is 0 Å². The summed E-state index contributed by atoms with van der Waals surface area (Å²) in [6.07, 6.45) is 6.02. The highest BCUT2D eigenvalue weighted by atomic mass is 16.7. The molecule has 0 amide bonds. The zero-order valence-electron chi connectivity index (χ0n) is 11.2. The Bertz CT molecular complexity index is 291. The van der Waals surface area contributed by atoms with Crippen molar-refractivity contribution < 1.29 is 9.31 Å². The summed E-state index contributed by atoms with van der Waals surface area (Å²) in [7, 11) is -0.0553. The second-order valence-corrected chi connectivity index (χ2v) is 6.19. The van der Waals surface area contributed by atoms with Crippen molar-refractivity contribution in [2.75, 3.05) is 0 Å². The van der Waals surface area contributed by atoms with Gasteiger partial charge in [-0.2, -0.15) is 0 Å². The van der Waals surface area contributed by atoms with Crippen LogP contribution in [0, 0.1) is 0 Å². The standard InChI is InChI=1S/C13H23BO2/c1-10-7-6-8-11(9-10)14-15-12(2,3)13(4,5)16-14/h9,11H,6-8H2,1-5H3. The normalized spacial score (nSPS) is 32.7. The first-order valence-corrected chi connectivity index (χ1v) is 6.35. The summed E-state index contributed by atoms with van der Waals surface area (Å²) in [4.78, 5) is 0. The molecule has 1 atom stereocenters. The Hall–Kier alpha value is -0.275. The van der Waals surface area contributed by atoms with E-state index in [4.69, 9.17) is 9.31 Å². The van der Waals surface area contributed by atoms with Gasteiger partial charge in [-0.15, -0.1) is 0 Å². The molecule has 16 heavy (non-hydrogen) atoms. The van der Waals surface area contributed by atoms with Gasteiger partial charge in [0.2, 0.25) is 0 Å². The van der Waals surface area contributed by atoms with Gasteiger partial charge in [0.1, 0.15) is 0 Å². The predicted molar refractivity (Wildman–Crippen MR) is 67.4 cm³/mol. The highest BCUT2D eigenvalue weighted by molar-refractivity contribution is 6.48. The lowest BCUT2D eigenvalue weighted by Gasteiger charge is -2.32. The molecular formula is C13H23BO2. The molecule has 2 rings (SSSR count). The van der Waals surface area contributed by atoms with Crippen LogP contribution in [0.4, 0.5) is 0 Å². The molecule has 2 nitrogen and oxygen atoms in total. The average molecular weight is 222 g/mol. The largest absolute Gasteiger partial charge is 0.465 e. The van der Waals surface area contributed by atoms with E-state index in [1.807, 2.05) is 0 Å². The fourth-order valence-corrected chi connectivity index (χ4v) is 2.43. The lowest BCUT2D eigenvalue weighted by atomic mass is 9.66. The van der Waals surface area contributed by atoms with Gasteiger partial charge in [-0.05, 0) is 53.9 Å². The maximum atomic E-state index is 6.09. The predicted octanol–water partition coefficient (Wildman–Crippen LogP) is 3.58. The Morgan fingerprint density at radius 3 is 2.25 bits per heavy atom. The molecule has 0 bridgehead atoms. The highest BCUT2D eigenvalue weighted by Gasteiger charge is 2.53. The molecule has 0 aromatic rings. The Morgan fingerprint density at radius 1 is 1.19 bits per heavy atom. The van der Waals surface area contributed by atoms with Gasteiger partial charge >= 0.3 is 7.12 Å². The molecule has 1 aliphatic heterocycles. The van der Waals surface area contributed by atoms with Crippen molar-refractivity contribution in [3.63, 3.8) is 0 Å². The van der Waals surface area contributed by atoms with Gasteiger partial charge in [0.05, 0.1) is 11.2 Å². The molecule has 1 unspecified atom stereocenters. The summed E-state index contributed by atoms with van der Waals surface area (Å²) < 4.78 is 12.2. The molecule has 0 radical (unpaired) electrons. The SMILES string of the molecule is CC1=CC(B2OC(C)(C)C(C)(C)O2)CCC1. The minimum atomic E-state index is -0.198. The first kappa shape index (κ1) is 12.2. The van der Waals surface area contributed by atoms with E-state index in [1.54, 1.807) is 0 Å². The van der Waals surface area contributed by atoms with Crippen LogP contribution in [-0.2, 0) is 9.31 Å². The van der Waals surface area contributed by atoms with E-state index < -0.39 is 0 Å². The van der Waals surface area contributed by atoms with Crippen LogP contribution in [0.15, 0.2) is 11.6 Å². The molecule has 3 heteroatoms. The van der Waals surface area contributed by atoms with Gasteiger partial charge < -0.3 is 9.31 Å². The van der Waals surface area contributed by atoms with Crippen LogP contribution in [-0.4, -0.2) is 18.3 Å². The fraction of sp³-hybridized carbons (Fsp3) is 0.846. The minimum absolute atomic E-state index is 0.0553. The van der Waals surface area contributed by atoms with Gasteiger partial charge in [-0.1, -0.05) is 11.6 Å². The molecule has 1 fully saturated rings. The molecule has 2 aliphatic rings. The molecule has 0 saturated carbocycles. The third-order valence-electron chi connectivity index (χ3n) is 4.23. The number of allylic oxidation sites excluding steroid dienone is 2. The zero-order chi connectivity index (χ0) is 12.0. The fourth-order valence-electron chi connectivity index (χ4n) is 2.43. The molecular weight excluding hydrogens is 199 g/mol. The van der Waals surface area contributed by atoms with Gasteiger partial charge in [-0.25, -0.2) is 0 Å². The van der Waals surface area contributed by atoms with Crippen LogP contribution in [0.25, 0.3) is 0 Å². The average Bonchev–Trinajstić information content (AvgIpc) is 2.36. The highest BCUT2D eigenvalue weighted by Crippen LogP contribution is 2.42. The lowest BCUT2D eigenvalue weighted by Crippen LogP contribution is -2.41. The molecule has 1 heterocycles. The van der Waals surface area contributed by atoms with Gasteiger partial charge in [0, 0.05) is 5.82 Å². The quantitative estimate of drug-likeness (QED) is 0.498. The summed E-state index contributed by atoms with van der Waals surface area (Å²) in [5, 5.41) is 0. The van der Waals surface area contributed by atoms with Crippen molar-refractivity contribution in [3.8, 4) is 0 Å². The van der Waals surface area contributed by atoms with Crippen LogP contribution < -0.4 is 0 Å². The molecule has 1 aliphatic carbocycles. The Balaban J connectivity index is 2.11. The van der Waals surface area contributed by atoms with Crippen molar-refractivity contribution in [2.24, 2.45) is 0 Å². The monoisotopic (exact) mass is 222 g/mol. The summed E-state index contributed by atoms with van der Waals surface area (Å²) in [6.45, 7) is 10.7. The van der Waals surface area contributed by atoms with Crippen molar-refractivity contribution in [3.05, 3.63) is 11.6 Å². The Morgan fingerprint density at radius 2 is 1.75 bits per heavy atom. The minimum Gasteiger partial charge on any atom is -0.403 e. The first-order chi connectivity index (χ1) is 7.32. The second-order valence-electron chi connectivity index (χ2n) is 6.19. The molecule has 0 N–H and O–H groups in total. The van der Waals surface area contributed by atoms with Crippen molar-refractivity contribution in [2.45, 2.75) is 70.9 Å². The smallest absolute Gasteiger partial charge is 0.403 e. The zero-order valence-corrected chi connectivity index (χ0v) is 11.2. The Kier molecular flexibility index (Phi) is 2.96. The van der Waals surface area contributed by atoms with Crippen LogP contribution in [0.1, 0.15) is 53.9 Å². The molecule has 0 aromatic carbocycles. The summed E-state index contributed by atoms with van der Waals surface area (Å²) in [5.74, 6) is 0.440. The van der Waals surface area contributed by atoms with E-state index in [0.717, 1.165) is 0 Å². The van der Waals surface area contributed by atoms with Gasteiger partial charge in [0.15, 0.2) is 0 Å². The second kappa shape index (κ2) is 3.88. The van der Waals surface area contributed by atoms with Crippen molar-refractivity contribution >= 4 is 7.12 Å². The van der Waals surface area contributed by atoms with Crippen LogP contribution in [0.5, 0.6) is 0 Å². The number of rotatable bonds is 1. The summed E-state index contributed by atoms with van der Waals surface area (Å²) >= 11 is 0. The van der Waals surface area contributed by atoms with E-state index in [0.29, 0.717) is 5.82 Å². The first-order valence-electron chi connectivity index (χ1n) is 6.35. The van der Waals surface area contributed by atoms with Gasteiger partial charge in [-0.3, -0.25) is 0 Å². The van der Waals surface area contributed by atoms with Crippen LogP contribution in [0.3, 0.4) is 0 Å². The third kappa shape index (κ3) is 2.08. The van der Waals surface area contributed by atoms with E-state index in [1.165, 1.54) is 24.8 Å². The van der Waals surface area contributed by atoms with E-state index in [2.05, 4.69) is 40.7 Å². The Labute approximate surface area is 99.5 Å². The van der Waals surface area contributed by atoms with E-state index in [-0.39, 0.29) is 18.3 Å². The molecule has 0 aromatic heterocycles. The summed E-state index contributed by atoms with van der Waals surface area (Å²) in [5.41, 5.74) is 1.08. The maximum absolute atomic E-state index is 6.09. The molecule has 0 spiro atoms. The molecule has 1 saturated heterocycles. The van der Waals surface area contributed by atoms with Crippen LogP contribution >= 0.6 is 0 Å². The summed E-state index contributed by atoms with van der Waals surface area (Å²) in [6, 6.07) is 0. The lowest BCUT2D eigenvalue weighted by molar-refractivity contribution is 0.00578. The number of hydrogen-bond acceptors (Lipinski definition) is 2. The van der Waals surface area contributed by atoms with Gasteiger partial charge in [0.25, 0.3) is 0 Å². The number of hydrogen-bond donors (Lipinski definition) is 0. The maximum Gasteiger partial charge on any atom is 0.465 e. The third-order valence-corrected chi connectivity index (χ3v) is 4.23.